The first-order valence-corrected chi connectivity index (χ1v) is 5.02. The van der Waals surface area contributed by atoms with E-state index in [0.29, 0.717) is 12.8 Å². The molecule has 1 aliphatic carbocycles. The van der Waals surface area contributed by atoms with Crippen LogP contribution in [0.2, 0.25) is 0 Å². The molecule has 1 N–H and O–H groups in total. The number of hydrogen-bond donors (Lipinski definition) is 1. The fourth-order valence-electron chi connectivity index (χ4n) is 1.80. The third-order valence-electron chi connectivity index (χ3n) is 2.80. The zero-order valence-corrected chi connectivity index (χ0v) is 8.38. The maximum atomic E-state index is 11.0. The fraction of sp³-hybridized carbons (Fsp3) is 0.900. The van der Waals surface area contributed by atoms with Gasteiger partial charge in [0, 0.05) is 0 Å². The van der Waals surface area contributed by atoms with E-state index in [4.69, 9.17) is 9.84 Å². The second-order valence-corrected chi connectivity index (χ2v) is 3.84. The molecule has 0 aliphatic heterocycles. The summed E-state index contributed by atoms with van der Waals surface area (Å²) < 4.78 is 5.61. The molecule has 0 saturated heterocycles. The van der Waals surface area contributed by atoms with Gasteiger partial charge >= 0.3 is 5.97 Å². The van der Waals surface area contributed by atoms with Crippen LogP contribution in [0.3, 0.4) is 0 Å². The highest BCUT2D eigenvalue weighted by Gasteiger charge is 2.43. The van der Waals surface area contributed by atoms with Gasteiger partial charge in [-0.15, -0.1) is 0 Å². The molecule has 1 rings (SSSR count). The van der Waals surface area contributed by atoms with Gasteiger partial charge in [-0.1, -0.05) is 6.92 Å². The Morgan fingerprint density at radius 3 is 2.46 bits per heavy atom. The number of carboxylic acid groups (broad SMARTS) is 1. The number of ether oxygens (including phenoxy) is 1. The van der Waals surface area contributed by atoms with E-state index >= 15 is 0 Å². The molecule has 3 nitrogen and oxygen atoms in total. The van der Waals surface area contributed by atoms with Crippen molar-refractivity contribution in [1.29, 1.82) is 0 Å². The van der Waals surface area contributed by atoms with Gasteiger partial charge in [0.2, 0.25) is 0 Å². The highest BCUT2D eigenvalue weighted by atomic mass is 16.5. The van der Waals surface area contributed by atoms with Gasteiger partial charge in [-0.05, 0) is 39.0 Å². The van der Waals surface area contributed by atoms with Gasteiger partial charge in [-0.2, -0.15) is 0 Å². The summed E-state index contributed by atoms with van der Waals surface area (Å²) in [6.45, 7) is 3.94. The topological polar surface area (TPSA) is 46.5 Å². The van der Waals surface area contributed by atoms with Gasteiger partial charge in [0.1, 0.15) is 0 Å². The Morgan fingerprint density at radius 2 is 2.08 bits per heavy atom. The summed E-state index contributed by atoms with van der Waals surface area (Å²) in [6.07, 6.45) is 4.22. The molecule has 1 unspecified atom stereocenters. The molecule has 0 spiro atoms. The average molecular weight is 186 g/mol. The summed E-state index contributed by atoms with van der Waals surface area (Å²) in [5.41, 5.74) is -0.866. The van der Waals surface area contributed by atoms with Crippen molar-refractivity contribution >= 4 is 5.97 Å². The fourth-order valence-corrected chi connectivity index (χ4v) is 1.80. The van der Waals surface area contributed by atoms with Crippen LogP contribution in [0.5, 0.6) is 0 Å². The highest BCUT2D eigenvalue weighted by molar-refractivity contribution is 5.77. The standard InChI is InChI=1S/C10H18O3/c1-3-8(2)13-10(9(11)12)6-4-5-7-10/h8H,3-7H2,1-2H3,(H,11,12). The number of carboxylic acids is 1. The predicted molar refractivity (Wildman–Crippen MR) is 49.7 cm³/mol. The highest BCUT2D eigenvalue weighted by Crippen LogP contribution is 2.34. The molecule has 0 heterocycles. The van der Waals surface area contributed by atoms with E-state index in [0.717, 1.165) is 19.3 Å². The van der Waals surface area contributed by atoms with E-state index in [9.17, 15) is 4.79 Å². The Hall–Kier alpha value is -0.570. The summed E-state index contributed by atoms with van der Waals surface area (Å²) in [7, 11) is 0. The van der Waals surface area contributed by atoms with Crippen LogP contribution >= 0.6 is 0 Å². The lowest BCUT2D eigenvalue weighted by molar-refractivity contribution is -0.172. The van der Waals surface area contributed by atoms with Gasteiger partial charge in [0.25, 0.3) is 0 Å². The SMILES string of the molecule is CCC(C)OC1(C(=O)O)CCCC1. The Morgan fingerprint density at radius 1 is 1.54 bits per heavy atom. The minimum Gasteiger partial charge on any atom is -0.479 e. The monoisotopic (exact) mass is 186 g/mol. The van der Waals surface area contributed by atoms with Crippen LogP contribution in [-0.2, 0) is 9.53 Å². The van der Waals surface area contributed by atoms with Crippen molar-refractivity contribution in [2.75, 3.05) is 0 Å². The van der Waals surface area contributed by atoms with Crippen LogP contribution in [0, 0.1) is 0 Å². The molecule has 0 aromatic heterocycles. The third-order valence-corrected chi connectivity index (χ3v) is 2.80. The second kappa shape index (κ2) is 4.09. The van der Waals surface area contributed by atoms with Crippen molar-refractivity contribution in [3.05, 3.63) is 0 Å². The Bertz CT molecular complexity index is 183. The lowest BCUT2D eigenvalue weighted by Gasteiger charge is -2.27. The van der Waals surface area contributed by atoms with Crippen molar-refractivity contribution in [3.63, 3.8) is 0 Å². The number of carbonyl (C=O) groups is 1. The van der Waals surface area contributed by atoms with Crippen LogP contribution in [0.1, 0.15) is 46.0 Å². The second-order valence-electron chi connectivity index (χ2n) is 3.84. The maximum absolute atomic E-state index is 11.0. The predicted octanol–water partition coefficient (Wildman–Crippen LogP) is 2.20. The first kappa shape index (κ1) is 10.5. The molecular weight excluding hydrogens is 168 g/mol. The normalized spacial score (nSPS) is 22.9. The molecule has 0 amide bonds. The van der Waals surface area contributed by atoms with Gasteiger partial charge < -0.3 is 9.84 Å². The molecule has 1 aliphatic rings. The average Bonchev–Trinajstić information content (AvgIpc) is 2.54. The Balaban J connectivity index is 2.62. The van der Waals surface area contributed by atoms with E-state index in [2.05, 4.69) is 0 Å². The summed E-state index contributed by atoms with van der Waals surface area (Å²) in [5.74, 6) is -0.787. The third kappa shape index (κ3) is 2.21. The van der Waals surface area contributed by atoms with Crippen molar-refractivity contribution in [2.24, 2.45) is 0 Å². The molecule has 0 aromatic carbocycles. The van der Waals surface area contributed by atoms with E-state index in [1.807, 2.05) is 13.8 Å². The first-order chi connectivity index (χ1) is 6.10. The van der Waals surface area contributed by atoms with Crippen molar-refractivity contribution in [1.82, 2.24) is 0 Å². The number of aliphatic carboxylic acids is 1. The lowest BCUT2D eigenvalue weighted by Crippen LogP contribution is -2.41. The lowest BCUT2D eigenvalue weighted by atomic mass is 10.0. The molecule has 0 bridgehead atoms. The van der Waals surface area contributed by atoms with Gasteiger partial charge in [-0.3, -0.25) is 0 Å². The minimum absolute atomic E-state index is 0.0502. The Labute approximate surface area is 79.1 Å². The smallest absolute Gasteiger partial charge is 0.335 e. The van der Waals surface area contributed by atoms with Gasteiger partial charge in [-0.25, -0.2) is 4.79 Å². The molecule has 1 saturated carbocycles. The van der Waals surface area contributed by atoms with E-state index < -0.39 is 11.6 Å². The Kier molecular flexibility index (Phi) is 3.31. The van der Waals surface area contributed by atoms with Gasteiger partial charge in [0.05, 0.1) is 6.10 Å². The van der Waals surface area contributed by atoms with Crippen molar-refractivity contribution in [3.8, 4) is 0 Å². The first-order valence-electron chi connectivity index (χ1n) is 5.02. The van der Waals surface area contributed by atoms with Crippen LogP contribution in [0.4, 0.5) is 0 Å². The number of hydrogen-bond acceptors (Lipinski definition) is 2. The molecule has 1 fully saturated rings. The molecule has 0 radical (unpaired) electrons. The van der Waals surface area contributed by atoms with Crippen LogP contribution in [0.25, 0.3) is 0 Å². The summed E-state index contributed by atoms with van der Waals surface area (Å²) in [6, 6.07) is 0. The molecular formula is C10H18O3. The molecule has 76 valence electrons. The molecule has 13 heavy (non-hydrogen) atoms. The van der Waals surface area contributed by atoms with E-state index in [1.165, 1.54) is 0 Å². The van der Waals surface area contributed by atoms with Gasteiger partial charge in [0.15, 0.2) is 5.60 Å². The zero-order valence-electron chi connectivity index (χ0n) is 8.38. The number of rotatable bonds is 4. The van der Waals surface area contributed by atoms with Crippen molar-refractivity contribution < 1.29 is 14.6 Å². The summed E-state index contributed by atoms with van der Waals surface area (Å²) >= 11 is 0. The molecule has 1 atom stereocenters. The van der Waals surface area contributed by atoms with E-state index in [-0.39, 0.29) is 6.10 Å². The minimum atomic E-state index is -0.866. The van der Waals surface area contributed by atoms with Crippen LogP contribution in [-0.4, -0.2) is 22.8 Å². The largest absolute Gasteiger partial charge is 0.479 e. The summed E-state index contributed by atoms with van der Waals surface area (Å²) in [5, 5.41) is 9.08. The quantitative estimate of drug-likeness (QED) is 0.732. The zero-order chi connectivity index (χ0) is 9.90. The van der Waals surface area contributed by atoms with Crippen LogP contribution < -0.4 is 0 Å². The molecule has 3 heteroatoms. The maximum Gasteiger partial charge on any atom is 0.335 e. The molecule has 0 aromatic rings. The summed E-state index contributed by atoms with van der Waals surface area (Å²) in [4.78, 5) is 11.0. The van der Waals surface area contributed by atoms with E-state index in [1.54, 1.807) is 0 Å². The van der Waals surface area contributed by atoms with Crippen LogP contribution in [0.15, 0.2) is 0 Å². The van der Waals surface area contributed by atoms with Crippen molar-refractivity contribution in [2.45, 2.75) is 57.7 Å².